The molecule has 0 radical (unpaired) electrons. The lowest BCUT2D eigenvalue weighted by molar-refractivity contribution is -0.115. The summed E-state index contributed by atoms with van der Waals surface area (Å²) < 4.78 is 5.59. The molecule has 0 bridgehead atoms. The van der Waals surface area contributed by atoms with Crippen molar-refractivity contribution in [1.82, 2.24) is 0 Å². The zero-order valence-corrected chi connectivity index (χ0v) is 20.6. The van der Waals surface area contributed by atoms with Gasteiger partial charge in [0.2, 0.25) is 5.91 Å². The van der Waals surface area contributed by atoms with E-state index in [-0.39, 0.29) is 24.2 Å². The Morgan fingerprint density at radius 2 is 1.56 bits per heavy atom. The average Bonchev–Trinajstić information content (AvgIpc) is 2.80. The van der Waals surface area contributed by atoms with Gasteiger partial charge in [-0.05, 0) is 46.7 Å². The number of nitrogens with one attached hydrogen (secondary N) is 1. The molecule has 0 unspecified atom stereocenters. The van der Waals surface area contributed by atoms with Gasteiger partial charge in [0.05, 0.1) is 12.0 Å². The minimum absolute atomic E-state index is 0.112. The average molecular weight is 474 g/mol. The van der Waals surface area contributed by atoms with Gasteiger partial charge >= 0.3 is 5.63 Å². The largest absolute Gasteiger partial charge is 0.422 e. The second-order valence-electron chi connectivity index (χ2n) is 9.10. The van der Waals surface area contributed by atoms with Gasteiger partial charge in [0.1, 0.15) is 5.58 Å². The Labute approximate surface area is 204 Å². The van der Waals surface area contributed by atoms with E-state index in [4.69, 9.17) is 16.0 Å². The highest BCUT2D eigenvalue weighted by Gasteiger charge is 2.21. The molecule has 0 aliphatic rings. The lowest BCUT2D eigenvalue weighted by Gasteiger charge is -2.20. The Morgan fingerprint density at radius 3 is 2.18 bits per heavy atom. The van der Waals surface area contributed by atoms with Crippen LogP contribution in [0, 0.1) is 0 Å². The van der Waals surface area contributed by atoms with Gasteiger partial charge in [-0.15, -0.1) is 0 Å². The molecule has 0 atom stereocenters. The van der Waals surface area contributed by atoms with Crippen LogP contribution >= 0.6 is 11.6 Å². The van der Waals surface area contributed by atoms with Gasteiger partial charge in [-0.2, -0.15) is 0 Å². The molecule has 34 heavy (non-hydrogen) atoms. The number of rotatable bonds is 6. The Kier molecular flexibility index (Phi) is 6.90. The lowest BCUT2D eigenvalue weighted by Crippen LogP contribution is -2.22. The quantitative estimate of drug-likeness (QED) is 0.294. The fraction of sp³-hybridized carbons (Fsp3) is 0.241. The standard InChI is InChI=1S/C29H28ClNO3/c1-17(2)21-11-8-12-22(18(3)4)28(21)31-26(32)16-24-27(19-9-6-5-7-10-19)23-15-20(30)13-14-25(23)34-29(24)33/h5-15,17-18H,16H2,1-4H3,(H,31,32). The van der Waals surface area contributed by atoms with Gasteiger partial charge in [-0.25, -0.2) is 4.79 Å². The molecule has 0 fully saturated rings. The van der Waals surface area contributed by atoms with Gasteiger partial charge < -0.3 is 9.73 Å². The van der Waals surface area contributed by atoms with Gasteiger partial charge in [0.25, 0.3) is 0 Å². The van der Waals surface area contributed by atoms with Crippen molar-refractivity contribution in [3.8, 4) is 11.1 Å². The van der Waals surface area contributed by atoms with Crippen LogP contribution in [0.25, 0.3) is 22.1 Å². The van der Waals surface area contributed by atoms with Gasteiger partial charge in [-0.1, -0.05) is 87.8 Å². The molecule has 4 nitrogen and oxygen atoms in total. The molecule has 0 spiro atoms. The van der Waals surface area contributed by atoms with Crippen molar-refractivity contribution in [3.05, 3.63) is 98.9 Å². The van der Waals surface area contributed by atoms with Crippen molar-refractivity contribution >= 4 is 34.2 Å². The van der Waals surface area contributed by atoms with Crippen LogP contribution < -0.4 is 10.9 Å². The van der Waals surface area contributed by atoms with Crippen molar-refractivity contribution in [3.63, 3.8) is 0 Å². The molecule has 0 aliphatic heterocycles. The number of hydrogen-bond acceptors (Lipinski definition) is 3. The molecular weight excluding hydrogens is 446 g/mol. The monoisotopic (exact) mass is 473 g/mol. The Morgan fingerprint density at radius 1 is 0.912 bits per heavy atom. The van der Waals surface area contributed by atoms with E-state index in [9.17, 15) is 9.59 Å². The van der Waals surface area contributed by atoms with Crippen molar-refractivity contribution in [1.29, 1.82) is 0 Å². The fourth-order valence-corrected chi connectivity index (χ4v) is 4.52. The van der Waals surface area contributed by atoms with E-state index >= 15 is 0 Å². The summed E-state index contributed by atoms with van der Waals surface area (Å²) >= 11 is 6.28. The second kappa shape index (κ2) is 9.86. The SMILES string of the molecule is CC(C)c1cccc(C(C)C)c1NC(=O)Cc1c(-c2ccccc2)c2cc(Cl)ccc2oc1=O. The molecule has 1 N–H and O–H groups in total. The van der Waals surface area contributed by atoms with Gasteiger partial charge in [0.15, 0.2) is 0 Å². The third-order valence-corrected chi connectivity index (χ3v) is 6.23. The van der Waals surface area contributed by atoms with Crippen LogP contribution in [0.3, 0.4) is 0 Å². The van der Waals surface area contributed by atoms with E-state index in [0.29, 0.717) is 27.1 Å². The van der Waals surface area contributed by atoms with E-state index in [1.807, 2.05) is 48.5 Å². The number of fused-ring (bicyclic) bond motifs is 1. The van der Waals surface area contributed by atoms with Crippen LogP contribution in [0.15, 0.2) is 75.9 Å². The number of para-hydroxylation sites is 1. The Hall–Kier alpha value is -3.37. The predicted molar refractivity (Wildman–Crippen MR) is 140 cm³/mol. The number of amides is 1. The van der Waals surface area contributed by atoms with E-state index in [2.05, 4.69) is 33.0 Å². The maximum atomic E-state index is 13.4. The van der Waals surface area contributed by atoms with E-state index in [0.717, 1.165) is 22.4 Å². The van der Waals surface area contributed by atoms with E-state index < -0.39 is 5.63 Å². The van der Waals surface area contributed by atoms with Crippen LogP contribution in [-0.2, 0) is 11.2 Å². The van der Waals surface area contributed by atoms with Crippen LogP contribution in [0.2, 0.25) is 5.02 Å². The summed E-state index contributed by atoms with van der Waals surface area (Å²) in [7, 11) is 0. The van der Waals surface area contributed by atoms with Crippen LogP contribution in [0.1, 0.15) is 56.2 Å². The number of hydrogen-bond donors (Lipinski definition) is 1. The van der Waals surface area contributed by atoms with Crippen LogP contribution in [0.4, 0.5) is 5.69 Å². The number of carbonyl (C=O) groups excluding carboxylic acids is 1. The van der Waals surface area contributed by atoms with Crippen molar-refractivity contribution in [2.24, 2.45) is 0 Å². The summed E-state index contributed by atoms with van der Waals surface area (Å²) in [6.07, 6.45) is -0.112. The maximum absolute atomic E-state index is 13.4. The molecule has 4 aromatic rings. The molecule has 1 aromatic heterocycles. The zero-order valence-electron chi connectivity index (χ0n) is 19.8. The Bertz CT molecular complexity index is 1380. The molecule has 1 heterocycles. The summed E-state index contributed by atoms with van der Waals surface area (Å²) in [6.45, 7) is 8.41. The van der Waals surface area contributed by atoms with E-state index in [1.165, 1.54) is 0 Å². The molecular formula is C29H28ClNO3. The summed E-state index contributed by atoms with van der Waals surface area (Å²) in [5.74, 6) is 0.212. The van der Waals surface area contributed by atoms with Gasteiger partial charge in [-0.3, -0.25) is 4.79 Å². The first-order chi connectivity index (χ1) is 16.3. The molecule has 0 aliphatic carbocycles. The number of halogens is 1. The molecule has 4 rings (SSSR count). The summed E-state index contributed by atoms with van der Waals surface area (Å²) in [4.78, 5) is 26.4. The molecule has 3 aromatic carbocycles. The van der Waals surface area contributed by atoms with Crippen molar-refractivity contribution in [2.45, 2.75) is 46.0 Å². The normalized spacial score (nSPS) is 11.4. The molecule has 1 amide bonds. The fourth-order valence-electron chi connectivity index (χ4n) is 4.35. The number of benzene rings is 3. The Balaban J connectivity index is 1.82. The third-order valence-electron chi connectivity index (χ3n) is 6.00. The summed E-state index contributed by atoms with van der Waals surface area (Å²) in [5.41, 5.74) is 4.69. The molecule has 0 saturated carbocycles. The van der Waals surface area contributed by atoms with Crippen molar-refractivity contribution < 1.29 is 9.21 Å². The molecule has 174 valence electrons. The maximum Gasteiger partial charge on any atom is 0.340 e. The highest BCUT2D eigenvalue weighted by Crippen LogP contribution is 2.34. The summed E-state index contributed by atoms with van der Waals surface area (Å²) in [5, 5.41) is 4.34. The number of carbonyl (C=O) groups is 1. The number of anilines is 1. The minimum atomic E-state index is -0.523. The first-order valence-corrected chi connectivity index (χ1v) is 11.9. The lowest BCUT2D eigenvalue weighted by atomic mass is 9.92. The third kappa shape index (κ3) is 4.78. The van der Waals surface area contributed by atoms with Gasteiger partial charge in [0, 0.05) is 21.7 Å². The van der Waals surface area contributed by atoms with E-state index in [1.54, 1.807) is 18.2 Å². The zero-order chi connectivity index (χ0) is 24.4. The topological polar surface area (TPSA) is 59.3 Å². The highest BCUT2D eigenvalue weighted by molar-refractivity contribution is 6.31. The second-order valence-corrected chi connectivity index (χ2v) is 9.53. The molecule has 0 saturated heterocycles. The molecule has 5 heteroatoms. The highest BCUT2D eigenvalue weighted by atomic mass is 35.5. The smallest absolute Gasteiger partial charge is 0.340 e. The minimum Gasteiger partial charge on any atom is -0.422 e. The first kappa shape index (κ1) is 23.8. The first-order valence-electron chi connectivity index (χ1n) is 11.5. The predicted octanol–water partition coefficient (Wildman–Crippen LogP) is 7.54. The summed E-state index contributed by atoms with van der Waals surface area (Å²) in [6, 6.07) is 20.8. The van der Waals surface area contributed by atoms with Crippen molar-refractivity contribution in [2.75, 3.05) is 5.32 Å². The van der Waals surface area contributed by atoms with Crippen LogP contribution in [0.5, 0.6) is 0 Å². The van der Waals surface area contributed by atoms with Crippen LogP contribution in [-0.4, -0.2) is 5.91 Å².